The van der Waals surface area contributed by atoms with Gasteiger partial charge < -0.3 is 20.6 Å². The van der Waals surface area contributed by atoms with Crippen LogP contribution in [0.15, 0.2) is 5.16 Å². The van der Waals surface area contributed by atoms with Crippen molar-refractivity contribution in [1.82, 2.24) is 4.90 Å². The fourth-order valence-electron chi connectivity index (χ4n) is 1.99. The number of hydrogen-bond acceptors (Lipinski definition) is 4. The Bertz CT molecular complexity index is 290. The van der Waals surface area contributed by atoms with Crippen LogP contribution in [-0.2, 0) is 9.53 Å². The fourth-order valence-corrected chi connectivity index (χ4v) is 1.99. The third kappa shape index (κ3) is 3.33. The molecule has 1 fully saturated rings. The number of amidine groups is 1. The summed E-state index contributed by atoms with van der Waals surface area (Å²) >= 11 is 0. The van der Waals surface area contributed by atoms with Crippen molar-refractivity contribution in [2.24, 2.45) is 16.8 Å². The molecular formula is C11H21N3O3. The van der Waals surface area contributed by atoms with Gasteiger partial charge in [0.2, 0.25) is 5.91 Å². The Morgan fingerprint density at radius 2 is 2.24 bits per heavy atom. The minimum atomic E-state index is -0.493. The van der Waals surface area contributed by atoms with Crippen LogP contribution in [0.2, 0.25) is 0 Å². The highest BCUT2D eigenvalue weighted by atomic mass is 16.5. The van der Waals surface area contributed by atoms with E-state index in [0.717, 1.165) is 12.8 Å². The zero-order chi connectivity index (χ0) is 12.8. The summed E-state index contributed by atoms with van der Waals surface area (Å²) in [6.45, 7) is 5.38. The van der Waals surface area contributed by atoms with Crippen LogP contribution in [0.25, 0.3) is 0 Å². The summed E-state index contributed by atoms with van der Waals surface area (Å²) in [6.07, 6.45) is 1.18. The van der Waals surface area contributed by atoms with Gasteiger partial charge in [-0.15, -0.1) is 0 Å². The molecule has 1 aliphatic heterocycles. The SMILES string of the molecule is CCC(CC)C(=O)N1CCOC(C(N)=NO)C1. The molecule has 1 atom stereocenters. The number of rotatable bonds is 4. The third-order valence-electron chi connectivity index (χ3n) is 3.16. The maximum atomic E-state index is 12.1. The fraction of sp³-hybridized carbons (Fsp3) is 0.818. The molecule has 98 valence electrons. The summed E-state index contributed by atoms with van der Waals surface area (Å²) in [5, 5.41) is 11.5. The van der Waals surface area contributed by atoms with Crippen LogP contribution >= 0.6 is 0 Å². The van der Waals surface area contributed by atoms with Crippen molar-refractivity contribution >= 4 is 11.7 Å². The Hall–Kier alpha value is -1.30. The summed E-state index contributed by atoms with van der Waals surface area (Å²) in [5.41, 5.74) is 5.49. The molecule has 6 heteroatoms. The van der Waals surface area contributed by atoms with Gasteiger partial charge in [0.15, 0.2) is 5.84 Å². The predicted octanol–water partition coefficient (Wildman–Crippen LogP) is 0.396. The normalized spacial score (nSPS) is 21.9. The number of nitrogens with zero attached hydrogens (tertiary/aromatic N) is 2. The van der Waals surface area contributed by atoms with E-state index in [1.165, 1.54) is 0 Å². The molecular weight excluding hydrogens is 222 g/mol. The zero-order valence-electron chi connectivity index (χ0n) is 10.4. The molecule has 1 aliphatic rings. The lowest BCUT2D eigenvalue weighted by Gasteiger charge is -2.34. The maximum Gasteiger partial charge on any atom is 0.225 e. The minimum Gasteiger partial charge on any atom is -0.409 e. The lowest BCUT2D eigenvalue weighted by Crippen LogP contribution is -2.51. The van der Waals surface area contributed by atoms with Crippen molar-refractivity contribution in [2.45, 2.75) is 32.8 Å². The molecule has 0 radical (unpaired) electrons. The van der Waals surface area contributed by atoms with Crippen LogP contribution in [0, 0.1) is 5.92 Å². The molecule has 6 nitrogen and oxygen atoms in total. The predicted molar refractivity (Wildman–Crippen MR) is 63.8 cm³/mol. The number of nitrogens with two attached hydrogens (primary N) is 1. The van der Waals surface area contributed by atoms with E-state index < -0.39 is 6.10 Å². The van der Waals surface area contributed by atoms with E-state index in [9.17, 15) is 4.79 Å². The summed E-state index contributed by atoms with van der Waals surface area (Å²) in [7, 11) is 0. The Balaban J connectivity index is 2.63. The first kappa shape index (κ1) is 13.8. The zero-order valence-corrected chi connectivity index (χ0v) is 10.4. The Labute approximate surface area is 101 Å². The standard InChI is InChI=1S/C11H21N3O3/c1-3-8(4-2)11(15)14-5-6-17-9(7-14)10(12)13-16/h8-9,16H,3-7H2,1-2H3,(H2,12,13). The van der Waals surface area contributed by atoms with Gasteiger partial charge >= 0.3 is 0 Å². The second-order valence-corrected chi connectivity index (χ2v) is 4.18. The van der Waals surface area contributed by atoms with Crippen molar-refractivity contribution in [1.29, 1.82) is 0 Å². The smallest absolute Gasteiger partial charge is 0.225 e. The van der Waals surface area contributed by atoms with E-state index in [4.69, 9.17) is 15.7 Å². The first-order chi connectivity index (χ1) is 8.13. The van der Waals surface area contributed by atoms with Gasteiger partial charge in [0.05, 0.1) is 13.2 Å². The van der Waals surface area contributed by atoms with Gasteiger partial charge in [-0.2, -0.15) is 0 Å². The van der Waals surface area contributed by atoms with E-state index in [-0.39, 0.29) is 17.7 Å². The van der Waals surface area contributed by atoms with Gasteiger partial charge in [-0.25, -0.2) is 0 Å². The molecule has 3 N–H and O–H groups in total. The molecule has 0 bridgehead atoms. The summed E-state index contributed by atoms with van der Waals surface area (Å²) < 4.78 is 5.35. The first-order valence-electron chi connectivity index (χ1n) is 6.01. The van der Waals surface area contributed by atoms with Crippen LogP contribution in [0.3, 0.4) is 0 Å². The van der Waals surface area contributed by atoms with Gasteiger partial charge in [-0.3, -0.25) is 4.79 Å². The Morgan fingerprint density at radius 1 is 1.59 bits per heavy atom. The van der Waals surface area contributed by atoms with Crippen LogP contribution < -0.4 is 5.73 Å². The maximum absolute atomic E-state index is 12.1. The highest BCUT2D eigenvalue weighted by molar-refractivity contribution is 5.86. The van der Waals surface area contributed by atoms with Crippen LogP contribution in [0.1, 0.15) is 26.7 Å². The Morgan fingerprint density at radius 3 is 2.76 bits per heavy atom. The molecule has 1 rings (SSSR count). The lowest BCUT2D eigenvalue weighted by atomic mass is 10.0. The van der Waals surface area contributed by atoms with Crippen molar-refractivity contribution in [3.63, 3.8) is 0 Å². The first-order valence-corrected chi connectivity index (χ1v) is 6.01. The molecule has 0 spiro atoms. The number of morpholine rings is 1. The average molecular weight is 243 g/mol. The molecule has 0 aromatic heterocycles. The second kappa shape index (κ2) is 6.44. The third-order valence-corrected chi connectivity index (χ3v) is 3.16. The average Bonchev–Trinajstić information content (AvgIpc) is 2.39. The van der Waals surface area contributed by atoms with Gasteiger partial charge in [0.25, 0.3) is 0 Å². The van der Waals surface area contributed by atoms with Crippen LogP contribution in [0.4, 0.5) is 0 Å². The van der Waals surface area contributed by atoms with Crippen molar-refractivity contribution < 1.29 is 14.7 Å². The van der Waals surface area contributed by atoms with Crippen molar-refractivity contribution in [3.8, 4) is 0 Å². The van der Waals surface area contributed by atoms with Crippen LogP contribution in [-0.4, -0.2) is 47.7 Å². The van der Waals surface area contributed by atoms with E-state index >= 15 is 0 Å². The molecule has 1 heterocycles. The van der Waals surface area contributed by atoms with E-state index in [1.807, 2.05) is 13.8 Å². The van der Waals surface area contributed by atoms with E-state index in [1.54, 1.807) is 4.90 Å². The molecule has 17 heavy (non-hydrogen) atoms. The molecule has 0 aromatic rings. The second-order valence-electron chi connectivity index (χ2n) is 4.18. The molecule has 0 saturated carbocycles. The molecule has 1 amide bonds. The number of hydrogen-bond donors (Lipinski definition) is 2. The topological polar surface area (TPSA) is 88.2 Å². The highest BCUT2D eigenvalue weighted by Gasteiger charge is 2.29. The van der Waals surface area contributed by atoms with Gasteiger partial charge in [-0.1, -0.05) is 19.0 Å². The number of oxime groups is 1. The summed E-state index contributed by atoms with van der Waals surface area (Å²) in [4.78, 5) is 13.9. The number of carbonyl (C=O) groups is 1. The molecule has 0 aromatic carbocycles. The van der Waals surface area contributed by atoms with Crippen molar-refractivity contribution in [3.05, 3.63) is 0 Å². The lowest BCUT2D eigenvalue weighted by molar-refractivity contribution is -0.141. The number of carbonyl (C=O) groups excluding carboxylic acids is 1. The van der Waals surface area contributed by atoms with Gasteiger partial charge in [0, 0.05) is 12.5 Å². The summed E-state index contributed by atoms with van der Waals surface area (Å²) in [6, 6.07) is 0. The minimum absolute atomic E-state index is 0.0204. The highest BCUT2D eigenvalue weighted by Crippen LogP contribution is 2.15. The van der Waals surface area contributed by atoms with Crippen LogP contribution in [0.5, 0.6) is 0 Å². The summed E-state index contributed by atoms with van der Waals surface area (Å²) in [5.74, 6) is 0.210. The monoisotopic (exact) mass is 243 g/mol. The quantitative estimate of drug-likeness (QED) is 0.324. The molecule has 0 aliphatic carbocycles. The number of amides is 1. The largest absolute Gasteiger partial charge is 0.409 e. The molecule has 1 saturated heterocycles. The molecule has 1 unspecified atom stereocenters. The van der Waals surface area contributed by atoms with Crippen molar-refractivity contribution in [2.75, 3.05) is 19.7 Å². The number of ether oxygens (including phenoxy) is 1. The van der Waals surface area contributed by atoms with Gasteiger partial charge in [-0.05, 0) is 12.8 Å². The van der Waals surface area contributed by atoms with E-state index in [2.05, 4.69) is 5.16 Å². The Kier molecular flexibility index (Phi) is 5.21. The van der Waals surface area contributed by atoms with Gasteiger partial charge in [0.1, 0.15) is 6.10 Å². The van der Waals surface area contributed by atoms with E-state index in [0.29, 0.717) is 19.7 Å².